The second kappa shape index (κ2) is 4.97. The molecule has 0 unspecified atom stereocenters. The van der Waals surface area contributed by atoms with Crippen LogP contribution in [0.15, 0.2) is 23.1 Å². The average molecular weight is 279 g/mol. The summed E-state index contributed by atoms with van der Waals surface area (Å²) in [6.45, 7) is 3.41. The van der Waals surface area contributed by atoms with E-state index in [-0.39, 0.29) is 17.0 Å². The van der Waals surface area contributed by atoms with Gasteiger partial charge in [-0.3, -0.25) is 0 Å². The van der Waals surface area contributed by atoms with Gasteiger partial charge in [0.1, 0.15) is 6.61 Å². The Morgan fingerprint density at radius 2 is 2.11 bits per heavy atom. The lowest BCUT2D eigenvalue weighted by Crippen LogP contribution is -2.34. The smallest absolute Gasteiger partial charge is 0.241 e. The molecule has 0 saturated heterocycles. The number of hydrogen-bond acceptors (Lipinski definition) is 3. The van der Waals surface area contributed by atoms with E-state index in [1.165, 1.54) is 0 Å². The molecule has 0 radical (unpaired) electrons. The van der Waals surface area contributed by atoms with E-state index in [1.54, 1.807) is 25.1 Å². The summed E-state index contributed by atoms with van der Waals surface area (Å²) in [7, 11) is -3.51. The van der Waals surface area contributed by atoms with Gasteiger partial charge in [-0.05, 0) is 44.4 Å². The molecule has 1 aromatic rings. The van der Waals surface area contributed by atoms with Gasteiger partial charge in [0.05, 0.1) is 4.90 Å². The first kappa shape index (κ1) is 14.1. The zero-order valence-electron chi connectivity index (χ0n) is 11.0. The van der Waals surface area contributed by atoms with Gasteiger partial charge in [0.2, 0.25) is 10.0 Å². The zero-order valence-corrected chi connectivity index (χ0v) is 11.8. The van der Waals surface area contributed by atoms with Crippen molar-refractivity contribution in [1.82, 2.24) is 4.72 Å². The van der Waals surface area contributed by atoms with Crippen molar-refractivity contribution in [3.63, 3.8) is 0 Å². The highest BCUT2D eigenvalue weighted by atomic mass is 32.2. The van der Waals surface area contributed by atoms with Crippen molar-refractivity contribution in [3.8, 4) is 11.8 Å². The van der Waals surface area contributed by atoms with Gasteiger partial charge in [-0.15, -0.1) is 0 Å². The molecule has 2 N–H and O–H groups in total. The van der Waals surface area contributed by atoms with Gasteiger partial charge in [0.25, 0.3) is 0 Å². The maximum atomic E-state index is 12.3. The normalized spacial score (nSPS) is 16.6. The van der Waals surface area contributed by atoms with Crippen LogP contribution in [0.3, 0.4) is 0 Å². The molecule has 0 atom stereocenters. The van der Waals surface area contributed by atoms with E-state index in [0.717, 1.165) is 12.8 Å². The van der Waals surface area contributed by atoms with Gasteiger partial charge in [-0.1, -0.05) is 17.9 Å². The van der Waals surface area contributed by atoms with Crippen molar-refractivity contribution >= 4 is 10.0 Å². The van der Waals surface area contributed by atoms with Gasteiger partial charge in [0, 0.05) is 11.1 Å². The molecular weight excluding hydrogens is 262 g/mol. The molecule has 19 heavy (non-hydrogen) atoms. The minimum absolute atomic E-state index is 0.244. The van der Waals surface area contributed by atoms with Gasteiger partial charge >= 0.3 is 0 Å². The fraction of sp³-hybridized carbons (Fsp3) is 0.429. The van der Waals surface area contributed by atoms with Crippen LogP contribution in [-0.4, -0.2) is 25.7 Å². The maximum absolute atomic E-state index is 12.3. The monoisotopic (exact) mass is 279 g/mol. The number of nitrogens with one attached hydrogen (secondary N) is 1. The summed E-state index contributed by atoms with van der Waals surface area (Å²) in [5.74, 6) is 5.23. The molecule has 1 fully saturated rings. The lowest BCUT2D eigenvalue weighted by Gasteiger charge is -2.14. The maximum Gasteiger partial charge on any atom is 0.241 e. The van der Waals surface area contributed by atoms with E-state index >= 15 is 0 Å². The summed E-state index contributed by atoms with van der Waals surface area (Å²) < 4.78 is 27.4. The van der Waals surface area contributed by atoms with Crippen molar-refractivity contribution < 1.29 is 13.5 Å². The first-order valence-electron chi connectivity index (χ1n) is 6.11. The largest absolute Gasteiger partial charge is 0.384 e. The van der Waals surface area contributed by atoms with Crippen LogP contribution in [0, 0.1) is 18.8 Å². The number of rotatable bonds is 3. The van der Waals surface area contributed by atoms with Gasteiger partial charge in [-0.2, -0.15) is 0 Å². The minimum Gasteiger partial charge on any atom is -0.384 e. The zero-order chi connectivity index (χ0) is 14.1. The lowest BCUT2D eigenvalue weighted by atomic mass is 10.1. The molecule has 1 aliphatic carbocycles. The van der Waals surface area contributed by atoms with E-state index in [2.05, 4.69) is 16.6 Å². The van der Waals surface area contributed by atoms with Crippen molar-refractivity contribution in [1.29, 1.82) is 0 Å². The Morgan fingerprint density at radius 1 is 1.42 bits per heavy atom. The number of benzene rings is 1. The van der Waals surface area contributed by atoms with Gasteiger partial charge in [-0.25, -0.2) is 13.1 Å². The van der Waals surface area contributed by atoms with E-state index in [4.69, 9.17) is 5.11 Å². The Kier molecular flexibility index (Phi) is 3.68. The van der Waals surface area contributed by atoms with Crippen molar-refractivity contribution in [2.24, 2.45) is 0 Å². The highest BCUT2D eigenvalue weighted by Gasteiger charge is 2.41. The Hall–Kier alpha value is -1.35. The number of sulfonamides is 1. The van der Waals surface area contributed by atoms with Crippen LogP contribution >= 0.6 is 0 Å². The summed E-state index contributed by atoms with van der Waals surface area (Å²) in [4.78, 5) is 0.255. The third-order valence-electron chi connectivity index (χ3n) is 3.17. The molecular formula is C14H17NO3S. The van der Waals surface area contributed by atoms with Crippen LogP contribution in [0.25, 0.3) is 0 Å². The SMILES string of the molecule is Cc1ccc(C#CCO)cc1S(=O)(=O)NC1(C)CC1. The quantitative estimate of drug-likeness (QED) is 0.816. The molecule has 0 spiro atoms. The fourth-order valence-corrected chi connectivity index (χ4v) is 3.51. The van der Waals surface area contributed by atoms with E-state index in [1.807, 2.05) is 6.92 Å². The van der Waals surface area contributed by atoms with Crippen LogP contribution in [-0.2, 0) is 10.0 Å². The van der Waals surface area contributed by atoms with Gasteiger partial charge in [0.15, 0.2) is 0 Å². The number of hydrogen-bond donors (Lipinski definition) is 2. The molecule has 1 aromatic carbocycles. The lowest BCUT2D eigenvalue weighted by molar-refractivity contribution is 0.350. The van der Waals surface area contributed by atoms with E-state index in [0.29, 0.717) is 11.1 Å². The molecule has 1 saturated carbocycles. The van der Waals surface area contributed by atoms with Crippen LogP contribution in [0.5, 0.6) is 0 Å². The van der Waals surface area contributed by atoms with Crippen molar-refractivity contribution in [3.05, 3.63) is 29.3 Å². The van der Waals surface area contributed by atoms with E-state index in [9.17, 15) is 8.42 Å². The Morgan fingerprint density at radius 3 is 2.68 bits per heavy atom. The highest BCUT2D eigenvalue weighted by Crippen LogP contribution is 2.36. The first-order valence-corrected chi connectivity index (χ1v) is 7.59. The van der Waals surface area contributed by atoms with Gasteiger partial charge < -0.3 is 5.11 Å². The third-order valence-corrected chi connectivity index (χ3v) is 4.95. The molecule has 4 nitrogen and oxygen atoms in total. The summed E-state index contributed by atoms with van der Waals surface area (Å²) in [6, 6.07) is 5.02. The fourth-order valence-electron chi connectivity index (χ4n) is 1.78. The predicted molar refractivity (Wildman–Crippen MR) is 73.1 cm³/mol. The predicted octanol–water partition coefficient (Wildman–Crippen LogP) is 1.17. The molecule has 5 heteroatoms. The van der Waals surface area contributed by atoms with Crippen LogP contribution in [0.4, 0.5) is 0 Å². The topological polar surface area (TPSA) is 66.4 Å². The Balaban J connectivity index is 2.37. The van der Waals surface area contributed by atoms with Crippen molar-refractivity contribution in [2.75, 3.05) is 6.61 Å². The number of aryl methyl sites for hydroxylation is 1. The second-order valence-electron chi connectivity index (χ2n) is 5.11. The molecule has 0 bridgehead atoms. The minimum atomic E-state index is -3.51. The average Bonchev–Trinajstić information content (AvgIpc) is 3.04. The Bertz CT molecular complexity index is 649. The first-order chi connectivity index (χ1) is 8.86. The summed E-state index contributed by atoms with van der Waals surface area (Å²) >= 11 is 0. The van der Waals surface area contributed by atoms with Crippen molar-refractivity contribution in [2.45, 2.75) is 37.1 Å². The third kappa shape index (κ3) is 3.35. The molecule has 0 aliphatic heterocycles. The second-order valence-corrected chi connectivity index (χ2v) is 6.76. The van der Waals surface area contributed by atoms with E-state index < -0.39 is 10.0 Å². The van der Waals surface area contributed by atoms with Crippen LogP contribution in [0.2, 0.25) is 0 Å². The van der Waals surface area contributed by atoms with Crippen LogP contribution < -0.4 is 4.72 Å². The Labute approximate surface area is 113 Å². The summed E-state index contributed by atoms with van der Waals surface area (Å²) in [6.07, 6.45) is 1.74. The summed E-state index contributed by atoms with van der Waals surface area (Å²) in [5.41, 5.74) is 0.977. The molecule has 102 valence electrons. The highest BCUT2D eigenvalue weighted by molar-refractivity contribution is 7.89. The number of aliphatic hydroxyl groups is 1. The standard InChI is InChI=1S/C14H17NO3S/c1-11-5-6-12(4-3-9-16)10-13(11)19(17,18)15-14(2)7-8-14/h5-6,10,15-16H,7-9H2,1-2H3. The molecule has 2 rings (SSSR count). The summed E-state index contributed by atoms with van der Waals surface area (Å²) in [5, 5.41) is 8.67. The molecule has 0 aromatic heterocycles. The molecule has 1 aliphatic rings. The number of aliphatic hydroxyl groups excluding tert-OH is 1. The molecule has 0 heterocycles. The molecule has 0 amide bonds. The van der Waals surface area contributed by atoms with Crippen LogP contribution in [0.1, 0.15) is 30.9 Å².